The first-order valence-corrected chi connectivity index (χ1v) is 18.9. The molecule has 5 atom stereocenters. The summed E-state index contributed by atoms with van der Waals surface area (Å²) in [4.78, 5) is 68.8. The summed E-state index contributed by atoms with van der Waals surface area (Å²) in [6, 6.07) is 8.56. The summed E-state index contributed by atoms with van der Waals surface area (Å²) in [7, 11) is 1.29. The maximum Gasteiger partial charge on any atom is 0.328 e. The van der Waals surface area contributed by atoms with Crippen LogP contribution in [0.25, 0.3) is 0 Å². The number of hydrogen-bond donors (Lipinski definition) is 2. The van der Waals surface area contributed by atoms with Crippen LogP contribution < -0.4 is 10.6 Å². The van der Waals surface area contributed by atoms with Gasteiger partial charge in [0.05, 0.1) is 18.8 Å². The molecule has 1 fully saturated rings. The number of nitrogens with one attached hydrogen (secondary N) is 2. The van der Waals surface area contributed by atoms with Crippen molar-refractivity contribution in [2.24, 2.45) is 11.8 Å². The first kappa shape index (κ1) is 42.9. The van der Waals surface area contributed by atoms with E-state index >= 15 is 0 Å². The Morgan fingerprint density at radius 1 is 0.840 bits per heavy atom. The number of hydrogen-bond acceptors (Lipinski definition) is 7. The van der Waals surface area contributed by atoms with Crippen molar-refractivity contribution in [2.75, 3.05) is 20.2 Å². The zero-order valence-electron chi connectivity index (χ0n) is 32.1. The molecule has 1 saturated heterocycles. The van der Waals surface area contributed by atoms with Crippen LogP contribution >= 0.6 is 0 Å². The number of amides is 3. The summed E-state index contributed by atoms with van der Waals surface area (Å²) in [6.07, 6.45) is 7.32. The maximum absolute atomic E-state index is 14.0. The van der Waals surface area contributed by atoms with Crippen molar-refractivity contribution in [3.8, 4) is 0 Å². The van der Waals surface area contributed by atoms with E-state index in [9.17, 15) is 24.0 Å². The summed E-state index contributed by atoms with van der Waals surface area (Å²) in [5, 5.41) is 5.72. The Morgan fingerprint density at radius 3 is 2.00 bits per heavy atom. The van der Waals surface area contributed by atoms with Crippen molar-refractivity contribution < 1.29 is 33.4 Å². The Hall–Kier alpha value is -3.27. The number of carbonyl (C=O) groups is 5. The average molecular weight is 700 g/mol. The lowest BCUT2D eigenvalue weighted by molar-refractivity contribution is -0.146. The monoisotopic (exact) mass is 699 g/mol. The lowest BCUT2D eigenvalue weighted by atomic mass is 9.88. The van der Waals surface area contributed by atoms with Gasteiger partial charge in [0.1, 0.15) is 12.1 Å². The molecular weight excluding hydrogens is 634 g/mol. The van der Waals surface area contributed by atoms with Crippen LogP contribution in [0.15, 0.2) is 30.3 Å². The Morgan fingerprint density at radius 2 is 1.44 bits per heavy atom. The molecule has 2 N–H and O–H groups in total. The molecule has 10 heteroatoms. The molecule has 50 heavy (non-hydrogen) atoms. The van der Waals surface area contributed by atoms with Crippen LogP contribution in [0.3, 0.4) is 0 Å². The number of esters is 1. The molecule has 0 aliphatic carbocycles. The lowest BCUT2D eigenvalue weighted by Gasteiger charge is -2.34. The van der Waals surface area contributed by atoms with Gasteiger partial charge < -0.3 is 25.0 Å². The van der Waals surface area contributed by atoms with Gasteiger partial charge in [0.25, 0.3) is 0 Å². The van der Waals surface area contributed by atoms with Crippen LogP contribution in [0.5, 0.6) is 0 Å². The summed E-state index contributed by atoms with van der Waals surface area (Å²) in [6.45, 7) is 14.4. The van der Waals surface area contributed by atoms with Crippen molar-refractivity contribution in [2.45, 2.75) is 155 Å². The van der Waals surface area contributed by atoms with Gasteiger partial charge in [0, 0.05) is 37.8 Å². The van der Waals surface area contributed by atoms with E-state index in [2.05, 4.69) is 36.6 Å². The highest BCUT2D eigenvalue weighted by molar-refractivity contribution is 5.94. The smallest absolute Gasteiger partial charge is 0.328 e. The quantitative estimate of drug-likeness (QED) is 0.111. The number of ketones is 1. The first-order chi connectivity index (χ1) is 23.7. The van der Waals surface area contributed by atoms with Crippen molar-refractivity contribution in [3.05, 3.63) is 35.9 Å². The predicted molar refractivity (Wildman–Crippen MR) is 196 cm³/mol. The highest BCUT2D eigenvalue weighted by Gasteiger charge is 2.36. The summed E-state index contributed by atoms with van der Waals surface area (Å²) >= 11 is 0. The van der Waals surface area contributed by atoms with Gasteiger partial charge in [0.2, 0.25) is 17.7 Å². The molecule has 1 aliphatic rings. The van der Waals surface area contributed by atoms with Gasteiger partial charge in [-0.2, -0.15) is 0 Å². The molecule has 1 aromatic rings. The molecule has 10 nitrogen and oxygen atoms in total. The van der Waals surface area contributed by atoms with E-state index in [4.69, 9.17) is 9.47 Å². The summed E-state index contributed by atoms with van der Waals surface area (Å²) < 4.78 is 11.1. The zero-order valence-corrected chi connectivity index (χ0v) is 32.1. The average Bonchev–Trinajstić information content (AvgIpc) is 3.08. The van der Waals surface area contributed by atoms with E-state index in [-0.39, 0.29) is 30.4 Å². The molecule has 1 aromatic carbocycles. The van der Waals surface area contributed by atoms with E-state index in [0.717, 1.165) is 51.4 Å². The Labute approximate surface area is 301 Å². The Bertz CT molecular complexity index is 1210. The molecule has 0 radical (unpaired) electrons. The Balaban J connectivity index is 2.16. The standard InChI is InChI=1S/C40H65N3O7/c1-9-11-14-20-32(27-35(45)43-24-22-31(23-25-43)30-18-16-13-17-19-30)38(47)42-36(29(4)50-40(5,6)7)34(44)26-28(3)37(46)41-33(39(48)49-8)21-15-12-10-2/h13,16-19,28-29,31-33,36H,9-12,14-15,20-27H2,1-8H3,(H,41,46)(H,42,47)/t28-,29-,32-,33+,36+/m1/s1. The van der Waals surface area contributed by atoms with Gasteiger partial charge in [0.15, 0.2) is 5.78 Å². The molecule has 0 aromatic heterocycles. The molecule has 1 heterocycles. The van der Waals surface area contributed by atoms with Crippen LogP contribution in [-0.4, -0.2) is 78.4 Å². The van der Waals surface area contributed by atoms with E-state index in [1.807, 2.05) is 43.9 Å². The fourth-order valence-corrected chi connectivity index (χ4v) is 6.68. The topological polar surface area (TPSA) is 131 Å². The van der Waals surface area contributed by atoms with Gasteiger partial charge in [-0.25, -0.2) is 4.79 Å². The number of rotatable bonds is 21. The molecule has 0 spiro atoms. The second-order valence-corrected chi connectivity index (χ2v) is 15.0. The number of nitrogens with zero attached hydrogens (tertiary/aromatic N) is 1. The van der Waals surface area contributed by atoms with Crippen molar-refractivity contribution in [1.29, 1.82) is 0 Å². The van der Waals surface area contributed by atoms with Crippen molar-refractivity contribution in [3.63, 3.8) is 0 Å². The molecule has 2 rings (SSSR count). The van der Waals surface area contributed by atoms with E-state index in [1.165, 1.54) is 12.7 Å². The summed E-state index contributed by atoms with van der Waals surface area (Å²) in [5.74, 6) is -2.63. The van der Waals surface area contributed by atoms with E-state index in [1.54, 1.807) is 13.8 Å². The van der Waals surface area contributed by atoms with Crippen LogP contribution in [0.1, 0.15) is 137 Å². The normalized spacial score (nSPS) is 16.8. The number of ether oxygens (including phenoxy) is 2. The van der Waals surface area contributed by atoms with Crippen molar-refractivity contribution in [1.82, 2.24) is 15.5 Å². The molecule has 3 amide bonds. The zero-order chi connectivity index (χ0) is 37.3. The SMILES string of the molecule is CCCCC[C@H](CC(=O)N1CCC(c2ccccc2)CC1)C(=O)N[C@H](C(=O)C[C@@H](C)C(=O)N[C@@H](CCCCC)C(=O)OC)[C@@H](C)OC(C)(C)C. The number of methoxy groups -OCH3 is 1. The fraction of sp³-hybridized carbons (Fsp3) is 0.725. The molecular formula is C40H65N3O7. The summed E-state index contributed by atoms with van der Waals surface area (Å²) in [5.41, 5.74) is 0.695. The number of benzene rings is 1. The van der Waals surface area contributed by atoms with Crippen molar-refractivity contribution >= 4 is 29.5 Å². The van der Waals surface area contributed by atoms with Gasteiger partial charge in [-0.1, -0.05) is 89.6 Å². The first-order valence-electron chi connectivity index (χ1n) is 18.9. The minimum Gasteiger partial charge on any atom is -0.467 e. The number of likely N-dealkylation sites (tertiary alicyclic amines) is 1. The molecule has 0 saturated carbocycles. The van der Waals surface area contributed by atoms with Crippen LogP contribution in [-0.2, 0) is 33.4 Å². The number of carbonyl (C=O) groups excluding carboxylic acids is 5. The van der Waals surface area contributed by atoms with Crippen LogP contribution in [0, 0.1) is 11.8 Å². The fourth-order valence-electron chi connectivity index (χ4n) is 6.68. The minimum atomic E-state index is -1.02. The van der Waals surface area contributed by atoms with Gasteiger partial charge in [-0.3, -0.25) is 19.2 Å². The largest absolute Gasteiger partial charge is 0.467 e. The molecule has 282 valence electrons. The number of Topliss-reactive ketones (excluding diaryl/α,β-unsaturated/α-hetero) is 1. The predicted octanol–water partition coefficient (Wildman–Crippen LogP) is 6.50. The van der Waals surface area contributed by atoms with Crippen LogP contribution in [0.2, 0.25) is 0 Å². The molecule has 1 aliphatic heterocycles. The van der Waals surface area contributed by atoms with E-state index in [0.29, 0.717) is 31.8 Å². The maximum atomic E-state index is 14.0. The van der Waals surface area contributed by atoms with Gasteiger partial charge >= 0.3 is 5.97 Å². The third kappa shape index (κ3) is 14.9. The third-order valence-corrected chi connectivity index (χ3v) is 9.57. The van der Waals surface area contributed by atoms with E-state index < -0.39 is 47.5 Å². The third-order valence-electron chi connectivity index (χ3n) is 9.57. The highest BCUT2D eigenvalue weighted by atomic mass is 16.5. The number of piperidine rings is 1. The second-order valence-electron chi connectivity index (χ2n) is 15.0. The van der Waals surface area contributed by atoms with Gasteiger partial charge in [-0.15, -0.1) is 0 Å². The lowest BCUT2D eigenvalue weighted by Crippen LogP contribution is -2.53. The second kappa shape index (κ2) is 21.8. The number of unbranched alkanes of at least 4 members (excludes halogenated alkanes) is 4. The highest BCUT2D eigenvalue weighted by Crippen LogP contribution is 2.29. The van der Waals surface area contributed by atoms with Gasteiger partial charge in [-0.05, 0) is 64.9 Å². The van der Waals surface area contributed by atoms with Crippen LogP contribution in [0.4, 0.5) is 0 Å². The minimum absolute atomic E-state index is 0.0422. The Kier molecular flexibility index (Phi) is 18.7. The molecule has 0 bridgehead atoms. The molecule has 0 unspecified atom stereocenters.